The second-order valence-electron chi connectivity index (χ2n) is 8.44. The van der Waals surface area contributed by atoms with Crippen LogP contribution in [0, 0.1) is 0 Å². The van der Waals surface area contributed by atoms with Crippen molar-refractivity contribution in [2.24, 2.45) is 0 Å². The molecular weight excluding hydrogens is 462 g/mol. The molecule has 0 saturated carbocycles. The number of methoxy groups -OCH3 is 1. The SMILES string of the molecule is COC(=O)c1ccc(Oc2coc3c(CN4CCN(c5ccccn5)CC4)c(O)ccc3c2=O)cc1. The molecule has 1 fully saturated rings. The monoisotopic (exact) mass is 487 g/mol. The number of phenolic OH excluding ortho intramolecular Hbond substituents is 1. The number of piperazine rings is 1. The number of benzene rings is 2. The lowest BCUT2D eigenvalue weighted by atomic mass is 10.1. The molecule has 184 valence electrons. The number of nitrogens with zero attached hydrogens (tertiary/aromatic N) is 3. The van der Waals surface area contributed by atoms with E-state index in [0.717, 1.165) is 32.0 Å². The number of hydrogen-bond acceptors (Lipinski definition) is 9. The molecule has 1 aliphatic heterocycles. The van der Waals surface area contributed by atoms with Crippen molar-refractivity contribution in [3.8, 4) is 17.2 Å². The van der Waals surface area contributed by atoms with Crippen LogP contribution in [0.1, 0.15) is 15.9 Å². The minimum atomic E-state index is -0.461. The fraction of sp³-hybridized carbons (Fsp3) is 0.222. The minimum absolute atomic E-state index is 0.00827. The molecule has 0 radical (unpaired) electrons. The van der Waals surface area contributed by atoms with Gasteiger partial charge in [-0.2, -0.15) is 0 Å². The van der Waals surface area contributed by atoms with Crippen LogP contribution in [0.25, 0.3) is 11.0 Å². The summed E-state index contributed by atoms with van der Waals surface area (Å²) >= 11 is 0. The third-order valence-corrected chi connectivity index (χ3v) is 6.22. The zero-order valence-electron chi connectivity index (χ0n) is 19.7. The van der Waals surface area contributed by atoms with Crippen LogP contribution < -0.4 is 15.1 Å². The molecular formula is C27H25N3O6. The van der Waals surface area contributed by atoms with E-state index in [1.54, 1.807) is 30.5 Å². The number of anilines is 1. The number of esters is 1. The van der Waals surface area contributed by atoms with Crippen LogP contribution in [0.2, 0.25) is 0 Å². The Bertz CT molecular complexity index is 1430. The predicted molar refractivity (Wildman–Crippen MR) is 134 cm³/mol. The second-order valence-corrected chi connectivity index (χ2v) is 8.44. The lowest BCUT2D eigenvalue weighted by Crippen LogP contribution is -2.46. The minimum Gasteiger partial charge on any atom is -0.507 e. The van der Waals surface area contributed by atoms with Crippen LogP contribution in [-0.4, -0.2) is 54.2 Å². The Morgan fingerprint density at radius 2 is 1.83 bits per heavy atom. The average Bonchev–Trinajstić information content (AvgIpc) is 2.92. The number of hydrogen-bond donors (Lipinski definition) is 1. The van der Waals surface area contributed by atoms with Crippen molar-refractivity contribution in [3.05, 3.63) is 88.4 Å². The molecule has 1 N–H and O–H groups in total. The van der Waals surface area contributed by atoms with Gasteiger partial charge >= 0.3 is 5.97 Å². The molecule has 4 aromatic rings. The summed E-state index contributed by atoms with van der Waals surface area (Å²) in [4.78, 5) is 33.6. The molecule has 1 saturated heterocycles. The Labute approximate surface area is 207 Å². The zero-order valence-corrected chi connectivity index (χ0v) is 19.7. The summed E-state index contributed by atoms with van der Waals surface area (Å²) in [6, 6.07) is 15.1. The highest BCUT2D eigenvalue weighted by atomic mass is 16.5. The van der Waals surface area contributed by atoms with E-state index in [9.17, 15) is 14.7 Å². The molecule has 2 aromatic heterocycles. The molecule has 0 aliphatic carbocycles. The van der Waals surface area contributed by atoms with E-state index < -0.39 is 5.97 Å². The van der Waals surface area contributed by atoms with E-state index in [2.05, 4.69) is 19.5 Å². The van der Waals surface area contributed by atoms with Crippen LogP contribution >= 0.6 is 0 Å². The first kappa shape index (κ1) is 23.4. The van der Waals surface area contributed by atoms with Crippen LogP contribution in [-0.2, 0) is 11.3 Å². The van der Waals surface area contributed by atoms with Crippen molar-refractivity contribution < 1.29 is 23.8 Å². The summed E-state index contributed by atoms with van der Waals surface area (Å²) in [6.45, 7) is 3.61. The summed E-state index contributed by atoms with van der Waals surface area (Å²) < 4.78 is 16.2. The number of aromatic nitrogens is 1. The van der Waals surface area contributed by atoms with Gasteiger partial charge in [0.2, 0.25) is 11.2 Å². The molecule has 9 nitrogen and oxygen atoms in total. The van der Waals surface area contributed by atoms with Gasteiger partial charge in [-0.3, -0.25) is 9.69 Å². The van der Waals surface area contributed by atoms with Gasteiger partial charge in [-0.15, -0.1) is 0 Å². The number of phenols is 1. The van der Waals surface area contributed by atoms with Gasteiger partial charge in [0, 0.05) is 38.9 Å². The number of carbonyl (C=O) groups excluding carboxylic acids is 1. The highest BCUT2D eigenvalue weighted by Gasteiger charge is 2.22. The Morgan fingerprint density at radius 1 is 1.06 bits per heavy atom. The Kier molecular flexibility index (Phi) is 6.55. The number of aromatic hydroxyl groups is 1. The maximum Gasteiger partial charge on any atom is 0.337 e. The zero-order chi connectivity index (χ0) is 25.1. The molecule has 36 heavy (non-hydrogen) atoms. The second kappa shape index (κ2) is 10.1. The molecule has 0 spiro atoms. The topological polar surface area (TPSA) is 105 Å². The van der Waals surface area contributed by atoms with Crippen molar-refractivity contribution >= 4 is 22.8 Å². The van der Waals surface area contributed by atoms with Crippen molar-refractivity contribution in [2.75, 3.05) is 38.2 Å². The third kappa shape index (κ3) is 4.73. The summed E-state index contributed by atoms with van der Waals surface area (Å²) in [5, 5.41) is 10.9. The van der Waals surface area contributed by atoms with E-state index in [1.165, 1.54) is 25.5 Å². The maximum absolute atomic E-state index is 13.1. The molecule has 0 amide bonds. The number of pyridine rings is 1. The number of fused-ring (bicyclic) bond motifs is 1. The first-order valence-corrected chi connectivity index (χ1v) is 11.5. The number of rotatable bonds is 6. The molecule has 0 unspecified atom stereocenters. The molecule has 0 bridgehead atoms. The van der Waals surface area contributed by atoms with E-state index in [1.807, 2.05) is 18.2 Å². The maximum atomic E-state index is 13.1. The van der Waals surface area contributed by atoms with Crippen LogP contribution in [0.4, 0.5) is 5.82 Å². The van der Waals surface area contributed by atoms with Crippen molar-refractivity contribution in [3.63, 3.8) is 0 Å². The summed E-state index contributed by atoms with van der Waals surface area (Å²) in [5.74, 6) is 0.943. The fourth-order valence-electron chi connectivity index (χ4n) is 4.26. The van der Waals surface area contributed by atoms with Crippen molar-refractivity contribution in [1.29, 1.82) is 0 Å². The third-order valence-electron chi connectivity index (χ3n) is 6.22. The summed E-state index contributed by atoms with van der Waals surface area (Å²) in [7, 11) is 1.31. The average molecular weight is 488 g/mol. The Hall–Kier alpha value is -4.37. The summed E-state index contributed by atoms with van der Waals surface area (Å²) in [6.07, 6.45) is 3.04. The molecule has 1 aliphatic rings. The molecule has 3 heterocycles. The van der Waals surface area contributed by atoms with Gasteiger partial charge < -0.3 is 23.9 Å². The normalized spacial score (nSPS) is 14.1. The van der Waals surface area contributed by atoms with Gasteiger partial charge in [0.1, 0.15) is 29.2 Å². The molecule has 5 rings (SSSR count). The highest BCUT2D eigenvalue weighted by Crippen LogP contribution is 2.30. The van der Waals surface area contributed by atoms with Gasteiger partial charge in [0.15, 0.2) is 0 Å². The predicted octanol–water partition coefficient (Wildman–Crippen LogP) is 3.79. The van der Waals surface area contributed by atoms with Crippen molar-refractivity contribution in [1.82, 2.24) is 9.88 Å². The first-order chi connectivity index (χ1) is 17.5. The lowest BCUT2D eigenvalue weighted by Gasteiger charge is -2.35. The van der Waals surface area contributed by atoms with E-state index >= 15 is 0 Å². The lowest BCUT2D eigenvalue weighted by molar-refractivity contribution is 0.0600. The Morgan fingerprint density at radius 3 is 2.53 bits per heavy atom. The van der Waals surface area contributed by atoms with E-state index in [0.29, 0.717) is 34.4 Å². The largest absolute Gasteiger partial charge is 0.507 e. The molecule has 2 aromatic carbocycles. The molecule has 9 heteroatoms. The van der Waals surface area contributed by atoms with Crippen molar-refractivity contribution in [2.45, 2.75) is 6.54 Å². The van der Waals surface area contributed by atoms with Gasteiger partial charge in [0.25, 0.3) is 0 Å². The number of ether oxygens (including phenoxy) is 2. The first-order valence-electron chi connectivity index (χ1n) is 11.5. The van der Waals surface area contributed by atoms with E-state index in [4.69, 9.17) is 9.15 Å². The van der Waals surface area contributed by atoms with Gasteiger partial charge in [-0.05, 0) is 48.5 Å². The van der Waals surface area contributed by atoms with Crippen LogP contribution in [0.5, 0.6) is 17.2 Å². The van der Waals surface area contributed by atoms with E-state index in [-0.39, 0.29) is 16.9 Å². The van der Waals surface area contributed by atoms with Gasteiger partial charge in [0.05, 0.1) is 23.6 Å². The smallest absolute Gasteiger partial charge is 0.337 e. The van der Waals surface area contributed by atoms with Gasteiger partial charge in [-0.1, -0.05) is 6.07 Å². The highest BCUT2D eigenvalue weighted by molar-refractivity contribution is 5.89. The number of carbonyl (C=O) groups is 1. The standard InChI is InChI=1S/C27H25N3O6/c1-34-27(33)18-5-7-19(8-6-18)36-23-17-35-26-20(25(23)32)9-10-22(31)21(26)16-29-12-14-30(15-13-29)24-4-2-3-11-28-24/h2-11,17,31H,12-16H2,1H3. The molecule has 0 atom stereocenters. The summed E-state index contributed by atoms with van der Waals surface area (Å²) in [5.41, 5.74) is 0.913. The quantitative estimate of drug-likeness (QED) is 0.407. The van der Waals surface area contributed by atoms with Crippen LogP contribution in [0.15, 0.2) is 76.3 Å². The fourth-order valence-corrected chi connectivity index (χ4v) is 4.26. The Balaban J connectivity index is 1.34. The van der Waals surface area contributed by atoms with Crippen LogP contribution in [0.3, 0.4) is 0 Å². The van der Waals surface area contributed by atoms with Gasteiger partial charge in [-0.25, -0.2) is 9.78 Å².